The second-order valence-corrected chi connectivity index (χ2v) is 7.13. The van der Waals surface area contributed by atoms with Crippen LogP contribution in [0.5, 0.6) is 0 Å². The van der Waals surface area contributed by atoms with Gasteiger partial charge in [-0.05, 0) is 19.3 Å². The van der Waals surface area contributed by atoms with Crippen LogP contribution in [0.3, 0.4) is 0 Å². The quantitative estimate of drug-likeness (QED) is 0.195. The lowest BCUT2D eigenvalue weighted by Gasteiger charge is -2.10. The van der Waals surface area contributed by atoms with E-state index in [1.807, 2.05) is 0 Å². The molecule has 0 amide bonds. The highest BCUT2D eigenvalue weighted by Gasteiger charge is 2.07. The average molecular weight is 359 g/mol. The number of carbonyl (C=O) groups is 1. The summed E-state index contributed by atoms with van der Waals surface area (Å²) in [6.07, 6.45) is 15.7. The smallest absolute Gasteiger partial charge is 0.307 e. The average Bonchev–Trinajstić information content (AvgIpc) is 2.60. The molecule has 0 aromatic heterocycles. The molecule has 2 atom stereocenters. The van der Waals surface area contributed by atoms with Gasteiger partial charge in [0.1, 0.15) is 0 Å². The van der Waals surface area contributed by atoms with Crippen LogP contribution in [0.2, 0.25) is 0 Å². The number of unbranched alkanes of at least 4 members (excludes halogenated alkanes) is 10. The summed E-state index contributed by atoms with van der Waals surface area (Å²) in [4.78, 5) is 11.4. The minimum Gasteiger partial charge on any atom is -0.445 e. The van der Waals surface area contributed by atoms with Crippen LogP contribution in [-0.2, 0) is 9.53 Å². The van der Waals surface area contributed by atoms with Gasteiger partial charge in [-0.25, -0.2) is 0 Å². The number of esters is 1. The highest BCUT2D eigenvalue weighted by Crippen LogP contribution is 2.14. The molecule has 0 heterocycles. The van der Waals surface area contributed by atoms with Crippen molar-refractivity contribution in [1.82, 2.24) is 0 Å². The Balaban J connectivity index is 3.24. The van der Waals surface area contributed by atoms with Gasteiger partial charge in [-0.15, -0.1) is 0 Å². The summed E-state index contributed by atoms with van der Waals surface area (Å²) in [5.74, 6) is -0.244. The van der Waals surface area contributed by atoms with E-state index in [9.17, 15) is 9.90 Å². The molecule has 0 aliphatic rings. The van der Waals surface area contributed by atoms with Gasteiger partial charge in [-0.2, -0.15) is 0 Å². The molecule has 0 saturated heterocycles. The van der Waals surface area contributed by atoms with E-state index in [1.165, 1.54) is 51.4 Å². The molecule has 0 aromatic carbocycles. The summed E-state index contributed by atoms with van der Waals surface area (Å²) in [6.45, 7) is 2.38. The Morgan fingerprint density at radius 2 is 1.36 bits per heavy atom. The van der Waals surface area contributed by atoms with Gasteiger partial charge in [0, 0.05) is 13.0 Å². The normalized spacial score (nSPS) is 13.6. The zero-order chi connectivity index (χ0) is 18.8. The van der Waals surface area contributed by atoms with Gasteiger partial charge in [0.05, 0.1) is 6.10 Å². The first-order chi connectivity index (χ1) is 12.1. The molecule has 0 rings (SSSR count). The summed E-state index contributed by atoms with van der Waals surface area (Å²) in [5, 5.41) is 9.91. The molecule has 25 heavy (non-hydrogen) atoms. The molecule has 0 aliphatic carbocycles. The summed E-state index contributed by atoms with van der Waals surface area (Å²) >= 11 is 0. The summed E-state index contributed by atoms with van der Waals surface area (Å²) in [5.41, 5.74) is 10.8. The highest BCUT2D eigenvalue weighted by atomic mass is 16.6. The molecule has 0 bridgehead atoms. The van der Waals surface area contributed by atoms with Crippen molar-refractivity contribution in [2.45, 2.75) is 116 Å². The van der Waals surface area contributed by atoms with Crippen molar-refractivity contribution in [3.8, 4) is 0 Å². The SMILES string of the molecule is CCCCCCC(O)CCCCCCCCCCC(=O)OC(N)CN. The summed E-state index contributed by atoms with van der Waals surface area (Å²) in [6, 6.07) is 0. The van der Waals surface area contributed by atoms with E-state index in [0.29, 0.717) is 6.42 Å². The molecular formula is C20H42N2O3. The first-order valence-corrected chi connectivity index (χ1v) is 10.4. The van der Waals surface area contributed by atoms with Crippen molar-refractivity contribution >= 4 is 5.97 Å². The molecule has 5 heteroatoms. The van der Waals surface area contributed by atoms with Gasteiger partial charge in [-0.3, -0.25) is 10.5 Å². The molecule has 2 unspecified atom stereocenters. The third-order valence-corrected chi connectivity index (χ3v) is 4.57. The van der Waals surface area contributed by atoms with E-state index in [0.717, 1.165) is 38.5 Å². The largest absolute Gasteiger partial charge is 0.445 e. The van der Waals surface area contributed by atoms with Crippen molar-refractivity contribution in [2.24, 2.45) is 11.5 Å². The van der Waals surface area contributed by atoms with E-state index in [-0.39, 0.29) is 18.6 Å². The van der Waals surface area contributed by atoms with Crippen LogP contribution in [0, 0.1) is 0 Å². The molecular weight excluding hydrogens is 316 g/mol. The Labute approximate surface area is 154 Å². The van der Waals surface area contributed by atoms with Gasteiger partial charge in [-0.1, -0.05) is 77.6 Å². The predicted octanol–water partition coefficient (Wildman–Crippen LogP) is 4.01. The van der Waals surface area contributed by atoms with Crippen LogP contribution in [0.1, 0.15) is 103 Å². The van der Waals surface area contributed by atoms with Gasteiger partial charge in [0.15, 0.2) is 6.23 Å². The molecule has 150 valence electrons. The minimum atomic E-state index is -0.664. The number of carbonyl (C=O) groups excluding carboxylic acids is 1. The number of rotatable bonds is 18. The van der Waals surface area contributed by atoms with Crippen LogP contribution in [0.15, 0.2) is 0 Å². The number of hydrogen-bond donors (Lipinski definition) is 3. The monoisotopic (exact) mass is 358 g/mol. The predicted molar refractivity (Wildman–Crippen MR) is 104 cm³/mol. The van der Waals surface area contributed by atoms with E-state index in [2.05, 4.69) is 6.92 Å². The number of aliphatic hydroxyl groups excluding tert-OH is 1. The summed E-state index contributed by atoms with van der Waals surface area (Å²) < 4.78 is 4.92. The number of aliphatic hydroxyl groups is 1. The van der Waals surface area contributed by atoms with E-state index in [1.54, 1.807) is 0 Å². The number of ether oxygens (including phenoxy) is 1. The molecule has 0 spiro atoms. The second kappa shape index (κ2) is 18.2. The third kappa shape index (κ3) is 18.0. The molecule has 0 radical (unpaired) electrons. The Morgan fingerprint density at radius 1 is 0.880 bits per heavy atom. The Bertz CT molecular complexity index is 301. The van der Waals surface area contributed by atoms with Crippen LogP contribution in [0.4, 0.5) is 0 Å². The van der Waals surface area contributed by atoms with E-state index < -0.39 is 6.23 Å². The maximum atomic E-state index is 11.4. The second-order valence-electron chi connectivity index (χ2n) is 7.13. The molecule has 0 fully saturated rings. The Kier molecular flexibility index (Phi) is 17.7. The highest BCUT2D eigenvalue weighted by molar-refractivity contribution is 5.69. The molecule has 0 aromatic rings. The van der Waals surface area contributed by atoms with Crippen LogP contribution < -0.4 is 11.5 Å². The van der Waals surface area contributed by atoms with Crippen LogP contribution >= 0.6 is 0 Å². The maximum Gasteiger partial charge on any atom is 0.307 e. The number of hydrogen-bond acceptors (Lipinski definition) is 5. The molecule has 5 N–H and O–H groups in total. The summed E-state index contributed by atoms with van der Waals surface area (Å²) in [7, 11) is 0. The zero-order valence-corrected chi connectivity index (χ0v) is 16.4. The topological polar surface area (TPSA) is 98.6 Å². The van der Waals surface area contributed by atoms with Crippen molar-refractivity contribution in [3.63, 3.8) is 0 Å². The minimum absolute atomic E-state index is 0.0935. The zero-order valence-electron chi connectivity index (χ0n) is 16.4. The number of nitrogens with two attached hydrogens (primary N) is 2. The fourth-order valence-corrected chi connectivity index (χ4v) is 2.94. The van der Waals surface area contributed by atoms with Crippen LogP contribution in [0.25, 0.3) is 0 Å². The molecule has 5 nitrogen and oxygen atoms in total. The lowest BCUT2D eigenvalue weighted by molar-refractivity contribution is -0.148. The van der Waals surface area contributed by atoms with E-state index >= 15 is 0 Å². The van der Waals surface area contributed by atoms with Crippen LogP contribution in [-0.4, -0.2) is 30.0 Å². The standard InChI is InChI=1S/C20H42N2O3/c1-2-3-4-11-14-18(23)15-12-9-7-5-6-8-10-13-16-20(24)25-19(22)17-21/h18-19,23H,2-17,21-22H2,1H3. The Morgan fingerprint density at radius 3 is 1.88 bits per heavy atom. The lowest BCUT2D eigenvalue weighted by Crippen LogP contribution is -2.34. The maximum absolute atomic E-state index is 11.4. The van der Waals surface area contributed by atoms with E-state index in [4.69, 9.17) is 16.2 Å². The lowest BCUT2D eigenvalue weighted by atomic mass is 10.0. The van der Waals surface area contributed by atoms with Gasteiger partial charge >= 0.3 is 5.97 Å². The first kappa shape index (κ1) is 24.4. The van der Waals surface area contributed by atoms with Crippen molar-refractivity contribution in [1.29, 1.82) is 0 Å². The molecule has 0 aliphatic heterocycles. The van der Waals surface area contributed by atoms with Gasteiger partial charge < -0.3 is 15.6 Å². The fraction of sp³-hybridized carbons (Fsp3) is 0.950. The van der Waals surface area contributed by atoms with Crippen molar-refractivity contribution in [2.75, 3.05) is 6.54 Å². The first-order valence-electron chi connectivity index (χ1n) is 10.4. The van der Waals surface area contributed by atoms with Gasteiger partial charge in [0.2, 0.25) is 0 Å². The third-order valence-electron chi connectivity index (χ3n) is 4.57. The van der Waals surface area contributed by atoms with Gasteiger partial charge in [0.25, 0.3) is 0 Å². The Hall–Kier alpha value is -0.650. The fourth-order valence-electron chi connectivity index (χ4n) is 2.94. The molecule has 0 saturated carbocycles. The van der Waals surface area contributed by atoms with Crippen molar-refractivity contribution in [3.05, 3.63) is 0 Å². The van der Waals surface area contributed by atoms with Crippen molar-refractivity contribution < 1.29 is 14.6 Å².